The van der Waals surface area contributed by atoms with Crippen molar-refractivity contribution in [2.45, 2.75) is 49.7 Å². The van der Waals surface area contributed by atoms with Gasteiger partial charge in [0.15, 0.2) is 0 Å². The largest absolute Gasteiger partial charge is 0.416 e. The number of nitrogens with zero attached hydrogens (tertiary/aromatic N) is 1. The van der Waals surface area contributed by atoms with E-state index < -0.39 is 29.5 Å². The minimum absolute atomic E-state index is 0.0489. The lowest BCUT2D eigenvalue weighted by Crippen LogP contribution is -2.55. The molecule has 3 rings (SSSR count). The summed E-state index contributed by atoms with van der Waals surface area (Å²) in [4.78, 5) is 14.1. The summed E-state index contributed by atoms with van der Waals surface area (Å²) in [6.45, 7) is 1.01. The average Bonchev–Trinajstić information content (AvgIpc) is 2.59. The molecule has 0 aliphatic carbocycles. The number of ether oxygens (including phenoxy) is 1. The zero-order valence-electron chi connectivity index (χ0n) is 14.2. The number of carbonyl (C=O) groups is 1. The smallest absolute Gasteiger partial charge is 0.390 e. The highest BCUT2D eigenvalue weighted by Crippen LogP contribution is 2.35. The van der Waals surface area contributed by atoms with Gasteiger partial charge in [0.1, 0.15) is 6.10 Å². The van der Waals surface area contributed by atoms with Crippen LogP contribution in [0.15, 0.2) is 24.3 Å². The first-order valence-corrected chi connectivity index (χ1v) is 8.63. The topological polar surface area (TPSA) is 70.0 Å². The Kier molecular flexibility index (Phi) is 5.28. The first-order chi connectivity index (χ1) is 12.2. The van der Waals surface area contributed by atoms with E-state index in [9.17, 15) is 28.2 Å². The Hall–Kier alpha value is -1.64. The Morgan fingerprint density at radius 3 is 2.31 bits per heavy atom. The number of halogens is 3. The van der Waals surface area contributed by atoms with Crippen LogP contribution in [-0.4, -0.2) is 58.5 Å². The van der Waals surface area contributed by atoms with Gasteiger partial charge in [-0.2, -0.15) is 13.2 Å². The molecule has 5 nitrogen and oxygen atoms in total. The summed E-state index contributed by atoms with van der Waals surface area (Å²) in [6.07, 6.45) is -4.56. The van der Waals surface area contributed by atoms with Crippen LogP contribution in [0.4, 0.5) is 13.2 Å². The molecule has 0 saturated carbocycles. The van der Waals surface area contributed by atoms with Crippen LogP contribution in [0.1, 0.15) is 30.4 Å². The normalized spacial score (nSPS) is 26.1. The number of aliphatic hydroxyl groups is 2. The van der Waals surface area contributed by atoms with Crippen molar-refractivity contribution in [1.82, 2.24) is 4.90 Å². The van der Waals surface area contributed by atoms with Crippen LogP contribution >= 0.6 is 0 Å². The molecule has 0 aromatic heterocycles. The van der Waals surface area contributed by atoms with Crippen LogP contribution in [-0.2, 0) is 22.1 Å². The predicted molar refractivity (Wildman–Crippen MR) is 86.3 cm³/mol. The number of rotatable bonds is 2. The van der Waals surface area contributed by atoms with E-state index in [1.165, 1.54) is 12.1 Å². The molecule has 2 aliphatic rings. The second-order valence-corrected chi connectivity index (χ2v) is 7.09. The Morgan fingerprint density at radius 1 is 1.15 bits per heavy atom. The van der Waals surface area contributed by atoms with Crippen molar-refractivity contribution < 1.29 is 32.9 Å². The van der Waals surface area contributed by atoms with Crippen molar-refractivity contribution in [2.24, 2.45) is 0 Å². The molecular weight excluding hydrogens is 351 g/mol. The number of carbonyl (C=O) groups excluding carboxylic acids is 1. The number of piperidine rings is 1. The summed E-state index contributed by atoms with van der Waals surface area (Å²) in [6, 6.07) is 4.62. The molecule has 2 aliphatic heterocycles. The van der Waals surface area contributed by atoms with Crippen LogP contribution < -0.4 is 0 Å². The Bertz CT molecular complexity index is 639. The summed E-state index contributed by atoms with van der Waals surface area (Å²) in [5.74, 6) is -0.143. The van der Waals surface area contributed by atoms with Gasteiger partial charge < -0.3 is 19.8 Å². The maximum absolute atomic E-state index is 12.6. The number of aliphatic hydroxyl groups excluding tert-OH is 2. The highest BCUT2D eigenvalue weighted by atomic mass is 19.4. The van der Waals surface area contributed by atoms with Gasteiger partial charge in [-0.15, -0.1) is 0 Å². The molecule has 1 amide bonds. The second-order valence-electron chi connectivity index (χ2n) is 7.09. The molecule has 2 N–H and O–H groups in total. The molecule has 0 bridgehead atoms. The van der Waals surface area contributed by atoms with Crippen LogP contribution in [0.25, 0.3) is 0 Å². The van der Waals surface area contributed by atoms with E-state index in [0.717, 1.165) is 12.1 Å². The molecule has 2 heterocycles. The summed E-state index contributed by atoms with van der Waals surface area (Å²) in [7, 11) is 0. The highest BCUT2D eigenvalue weighted by Gasteiger charge is 2.43. The van der Waals surface area contributed by atoms with E-state index in [4.69, 9.17) is 4.74 Å². The minimum Gasteiger partial charge on any atom is -0.390 e. The van der Waals surface area contributed by atoms with Crippen molar-refractivity contribution in [3.8, 4) is 0 Å². The van der Waals surface area contributed by atoms with Crippen molar-refractivity contribution >= 4 is 5.91 Å². The van der Waals surface area contributed by atoms with Gasteiger partial charge in [-0.3, -0.25) is 4.79 Å². The lowest BCUT2D eigenvalue weighted by Gasteiger charge is -2.46. The van der Waals surface area contributed by atoms with E-state index in [-0.39, 0.29) is 18.9 Å². The molecule has 2 saturated heterocycles. The fraction of sp³-hybridized carbons (Fsp3) is 0.611. The molecule has 1 aromatic carbocycles. The average molecular weight is 373 g/mol. The SMILES string of the molecule is O=C(Cc1ccc(C(F)(F)F)cc1)N1CCC2(CC1)C[C@@H](O)[C@@H](O)CO2. The van der Waals surface area contributed by atoms with Gasteiger partial charge in [0.05, 0.1) is 30.3 Å². The van der Waals surface area contributed by atoms with Gasteiger partial charge in [0.2, 0.25) is 5.91 Å². The number of hydrogen-bond acceptors (Lipinski definition) is 4. The number of alkyl halides is 3. The van der Waals surface area contributed by atoms with Gasteiger partial charge in [0, 0.05) is 19.5 Å². The minimum atomic E-state index is -4.39. The third kappa shape index (κ3) is 4.19. The van der Waals surface area contributed by atoms with Gasteiger partial charge in [-0.25, -0.2) is 0 Å². The summed E-state index contributed by atoms with van der Waals surface area (Å²) < 4.78 is 43.5. The van der Waals surface area contributed by atoms with E-state index >= 15 is 0 Å². The van der Waals surface area contributed by atoms with Gasteiger partial charge in [-0.1, -0.05) is 12.1 Å². The van der Waals surface area contributed by atoms with E-state index in [2.05, 4.69) is 0 Å². The van der Waals surface area contributed by atoms with E-state index in [1.807, 2.05) is 0 Å². The Morgan fingerprint density at radius 2 is 1.77 bits per heavy atom. The molecule has 1 aromatic rings. The standard InChI is InChI=1S/C18H22F3NO4/c19-18(20,21)13-3-1-12(2-4-13)9-16(25)22-7-5-17(6-8-22)10-14(23)15(24)11-26-17/h1-4,14-15,23-24H,5-11H2/t14-,15+/m1/s1. The number of likely N-dealkylation sites (tertiary alicyclic amines) is 1. The maximum Gasteiger partial charge on any atom is 0.416 e. The molecule has 8 heteroatoms. The third-order valence-corrected chi connectivity index (χ3v) is 5.25. The first-order valence-electron chi connectivity index (χ1n) is 8.63. The molecule has 144 valence electrons. The number of hydrogen-bond donors (Lipinski definition) is 2. The van der Waals surface area contributed by atoms with Crippen molar-refractivity contribution in [3.63, 3.8) is 0 Å². The van der Waals surface area contributed by atoms with E-state index in [0.29, 0.717) is 37.9 Å². The molecule has 0 radical (unpaired) electrons. The maximum atomic E-state index is 12.6. The summed E-state index contributed by atoms with van der Waals surface area (Å²) in [5, 5.41) is 19.4. The van der Waals surface area contributed by atoms with Crippen molar-refractivity contribution in [2.75, 3.05) is 19.7 Å². The van der Waals surface area contributed by atoms with Gasteiger partial charge in [-0.05, 0) is 30.5 Å². The molecular formula is C18H22F3NO4. The molecule has 2 atom stereocenters. The summed E-state index contributed by atoms with van der Waals surface area (Å²) >= 11 is 0. The van der Waals surface area contributed by atoms with Crippen molar-refractivity contribution in [1.29, 1.82) is 0 Å². The quantitative estimate of drug-likeness (QED) is 0.829. The van der Waals surface area contributed by atoms with Crippen LogP contribution in [0.5, 0.6) is 0 Å². The van der Waals surface area contributed by atoms with Gasteiger partial charge in [0.25, 0.3) is 0 Å². The van der Waals surface area contributed by atoms with Crippen LogP contribution in [0.3, 0.4) is 0 Å². The second kappa shape index (κ2) is 7.17. The summed E-state index contributed by atoms with van der Waals surface area (Å²) in [5.41, 5.74) is -0.705. The van der Waals surface area contributed by atoms with Crippen LogP contribution in [0, 0.1) is 0 Å². The zero-order chi connectivity index (χ0) is 18.9. The van der Waals surface area contributed by atoms with Crippen LogP contribution in [0.2, 0.25) is 0 Å². The Balaban J connectivity index is 1.54. The fourth-order valence-electron chi connectivity index (χ4n) is 3.56. The molecule has 0 unspecified atom stereocenters. The predicted octanol–water partition coefficient (Wildman–Crippen LogP) is 1.75. The monoisotopic (exact) mass is 373 g/mol. The highest BCUT2D eigenvalue weighted by molar-refractivity contribution is 5.78. The van der Waals surface area contributed by atoms with Gasteiger partial charge >= 0.3 is 6.18 Å². The third-order valence-electron chi connectivity index (χ3n) is 5.25. The lowest BCUT2D eigenvalue weighted by molar-refractivity contribution is -0.188. The molecule has 2 fully saturated rings. The number of amides is 1. The fourth-order valence-corrected chi connectivity index (χ4v) is 3.56. The first kappa shape index (κ1) is 19.1. The lowest BCUT2D eigenvalue weighted by atomic mass is 9.82. The molecule has 26 heavy (non-hydrogen) atoms. The number of benzene rings is 1. The zero-order valence-corrected chi connectivity index (χ0v) is 14.2. The molecule has 1 spiro atoms. The van der Waals surface area contributed by atoms with Crippen molar-refractivity contribution in [3.05, 3.63) is 35.4 Å². The van der Waals surface area contributed by atoms with E-state index in [1.54, 1.807) is 4.90 Å². The Labute approximate surface area is 149 Å².